The third-order valence-corrected chi connectivity index (χ3v) is 5.73. The van der Waals surface area contributed by atoms with Crippen molar-refractivity contribution in [3.05, 3.63) is 0 Å². The molecule has 6 heteroatoms. The molecular formula is C12H22N2O3S. The maximum absolute atomic E-state index is 11.7. The van der Waals surface area contributed by atoms with Crippen molar-refractivity contribution in [3.63, 3.8) is 0 Å². The van der Waals surface area contributed by atoms with E-state index in [1.54, 1.807) is 0 Å². The minimum absolute atomic E-state index is 0.0488. The quantitative estimate of drug-likeness (QED) is 0.752. The highest BCUT2D eigenvalue weighted by molar-refractivity contribution is 7.91. The molecule has 1 amide bonds. The molecule has 1 aliphatic carbocycles. The summed E-state index contributed by atoms with van der Waals surface area (Å²) >= 11 is 0. The summed E-state index contributed by atoms with van der Waals surface area (Å²) < 4.78 is 22.9. The van der Waals surface area contributed by atoms with E-state index in [0.29, 0.717) is 24.4 Å². The molecule has 18 heavy (non-hydrogen) atoms. The lowest BCUT2D eigenvalue weighted by Crippen LogP contribution is -2.47. The van der Waals surface area contributed by atoms with Gasteiger partial charge in [0.25, 0.3) is 0 Å². The smallest absolute Gasteiger partial charge is 0.221 e. The first-order valence-corrected chi connectivity index (χ1v) is 8.31. The van der Waals surface area contributed by atoms with Gasteiger partial charge in [-0.3, -0.25) is 4.79 Å². The SMILES string of the molecule is CC1(C)CC1CNC(=O)CC1CS(=O)(=O)CCN1. The average Bonchev–Trinajstić information content (AvgIpc) is 2.82. The second kappa shape index (κ2) is 4.81. The van der Waals surface area contributed by atoms with Crippen LogP contribution in [0.4, 0.5) is 0 Å². The Labute approximate surface area is 109 Å². The van der Waals surface area contributed by atoms with Gasteiger partial charge in [0, 0.05) is 25.6 Å². The molecule has 2 unspecified atom stereocenters. The van der Waals surface area contributed by atoms with Gasteiger partial charge in [0.1, 0.15) is 0 Å². The number of hydrogen-bond donors (Lipinski definition) is 2. The van der Waals surface area contributed by atoms with Gasteiger partial charge in [0.15, 0.2) is 9.84 Å². The predicted molar refractivity (Wildman–Crippen MR) is 70.0 cm³/mol. The van der Waals surface area contributed by atoms with E-state index >= 15 is 0 Å². The van der Waals surface area contributed by atoms with Crippen molar-refractivity contribution < 1.29 is 13.2 Å². The van der Waals surface area contributed by atoms with Crippen molar-refractivity contribution in [3.8, 4) is 0 Å². The zero-order valence-corrected chi connectivity index (χ0v) is 11.8. The van der Waals surface area contributed by atoms with Gasteiger partial charge in [0.05, 0.1) is 11.5 Å². The summed E-state index contributed by atoms with van der Waals surface area (Å²) in [7, 11) is -2.96. The molecule has 2 atom stereocenters. The van der Waals surface area contributed by atoms with Crippen molar-refractivity contribution in [1.29, 1.82) is 0 Å². The molecule has 2 fully saturated rings. The van der Waals surface area contributed by atoms with Crippen molar-refractivity contribution in [2.75, 3.05) is 24.6 Å². The number of nitrogens with one attached hydrogen (secondary N) is 2. The van der Waals surface area contributed by atoms with Gasteiger partial charge in [-0.25, -0.2) is 8.42 Å². The molecule has 2 rings (SSSR count). The summed E-state index contributed by atoms with van der Waals surface area (Å²) in [5, 5.41) is 5.99. The summed E-state index contributed by atoms with van der Waals surface area (Å²) in [6.07, 6.45) is 1.41. The number of amides is 1. The van der Waals surface area contributed by atoms with Crippen LogP contribution in [-0.2, 0) is 14.6 Å². The minimum atomic E-state index is -2.96. The highest BCUT2D eigenvalue weighted by Gasteiger charge is 2.45. The molecule has 0 aromatic heterocycles. The molecule has 1 heterocycles. The molecule has 0 bridgehead atoms. The van der Waals surface area contributed by atoms with Crippen molar-refractivity contribution in [1.82, 2.24) is 10.6 Å². The highest BCUT2D eigenvalue weighted by Crippen LogP contribution is 2.50. The van der Waals surface area contributed by atoms with Crippen LogP contribution in [0.25, 0.3) is 0 Å². The van der Waals surface area contributed by atoms with E-state index in [-0.39, 0.29) is 29.9 Å². The number of carbonyl (C=O) groups is 1. The third-order valence-electron chi connectivity index (χ3n) is 4.00. The fourth-order valence-electron chi connectivity index (χ4n) is 2.46. The van der Waals surface area contributed by atoms with E-state index < -0.39 is 9.84 Å². The van der Waals surface area contributed by atoms with Crippen LogP contribution >= 0.6 is 0 Å². The van der Waals surface area contributed by atoms with E-state index in [1.165, 1.54) is 0 Å². The van der Waals surface area contributed by atoms with Gasteiger partial charge in [0.2, 0.25) is 5.91 Å². The maximum atomic E-state index is 11.7. The van der Waals surface area contributed by atoms with Crippen LogP contribution in [0.5, 0.6) is 0 Å². The molecule has 1 aliphatic heterocycles. The molecule has 0 aromatic rings. The molecule has 2 aliphatic rings. The van der Waals surface area contributed by atoms with E-state index in [4.69, 9.17) is 0 Å². The summed E-state index contributed by atoms with van der Waals surface area (Å²) in [5.41, 5.74) is 0.361. The fourth-order valence-corrected chi connectivity index (χ4v) is 3.90. The number of carbonyl (C=O) groups excluding carboxylic acids is 1. The van der Waals surface area contributed by atoms with E-state index in [1.807, 2.05) is 0 Å². The molecule has 0 aromatic carbocycles. The largest absolute Gasteiger partial charge is 0.356 e. The Kier molecular flexibility index (Phi) is 3.69. The first kappa shape index (κ1) is 13.8. The molecule has 1 saturated heterocycles. The number of hydrogen-bond acceptors (Lipinski definition) is 4. The fraction of sp³-hybridized carbons (Fsp3) is 0.917. The van der Waals surface area contributed by atoms with E-state index in [9.17, 15) is 13.2 Å². The van der Waals surface area contributed by atoms with Crippen molar-refractivity contribution >= 4 is 15.7 Å². The molecule has 0 spiro atoms. The Hall–Kier alpha value is -0.620. The zero-order chi connectivity index (χ0) is 13.4. The molecule has 0 radical (unpaired) electrons. The second-order valence-corrected chi connectivity index (χ2v) is 8.39. The third kappa shape index (κ3) is 3.68. The minimum Gasteiger partial charge on any atom is -0.356 e. The Morgan fingerprint density at radius 1 is 1.44 bits per heavy atom. The van der Waals surface area contributed by atoms with Gasteiger partial charge in [-0.05, 0) is 17.8 Å². The van der Waals surface area contributed by atoms with Crippen LogP contribution in [0, 0.1) is 11.3 Å². The van der Waals surface area contributed by atoms with Crippen molar-refractivity contribution in [2.24, 2.45) is 11.3 Å². The molecular weight excluding hydrogens is 252 g/mol. The lowest BCUT2D eigenvalue weighted by molar-refractivity contribution is -0.121. The van der Waals surface area contributed by atoms with Gasteiger partial charge >= 0.3 is 0 Å². The Morgan fingerprint density at radius 3 is 2.67 bits per heavy atom. The van der Waals surface area contributed by atoms with Crippen molar-refractivity contribution in [2.45, 2.75) is 32.7 Å². The summed E-state index contributed by atoms with van der Waals surface area (Å²) in [4.78, 5) is 11.7. The lowest BCUT2D eigenvalue weighted by Gasteiger charge is -2.23. The lowest BCUT2D eigenvalue weighted by atomic mass is 10.1. The van der Waals surface area contributed by atoms with Crippen LogP contribution in [-0.4, -0.2) is 45.0 Å². The van der Waals surface area contributed by atoms with Crippen LogP contribution < -0.4 is 10.6 Å². The van der Waals surface area contributed by atoms with Crippen LogP contribution in [0.2, 0.25) is 0 Å². The monoisotopic (exact) mass is 274 g/mol. The molecule has 2 N–H and O–H groups in total. The van der Waals surface area contributed by atoms with Crippen LogP contribution in [0.15, 0.2) is 0 Å². The van der Waals surface area contributed by atoms with Crippen LogP contribution in [0.1, 0.15) is 26.7 Å². The second-order valence-electron chi connectivity index (χ2n) is 6.16. The van der Waals surface area contributed by atoms with Crippen LogP contribution in [0.3, 0.4) is 0 Å². The zero-order valence-electron chi connectivity index (χ0n) is 11.0. The predicted octanol–water partition coefficient (Wildman–Crippen LogP) is -0.0746. The summed E-state index contributed by atoms with van der Waals surface area (Å²) in [6, 6.07) is -0.226. The molecule has 1 saturated carbocycles. The molecule has 104 valence electrons. The average molecular weight is 274 g/mol. The summed E-state index contributed by atoms with van der Waals surface area (Å²) in [6.45, 7) is 5.55. The number of rotatable bonds is 4. The Morgan fingerprint density at radius 2 is 2.11 bits per heavy atom. The first-order valence-electron chi connectivity index (χ1n) is 6.49. The van der Waals surface area contributed by atoms with Gasteiger partial charge in [-0.15, -0.1) is 0 Å². The summed E-state index contributed by atoms with van der Waals surface area (Å²) in [5.74, 6) is 0.785. The first-order chi connectivity index (χ1) is 8.28. The molecule has 5 nitrogen and oxygen atoms in total. The Bertz CT molecular complexity index is 431. The number of sulfone groups is 1. The van der Waals surface area contributed by atoms with Gasteiger partial charge in [-0.1, -0.05) is 13.8 Å². The van der Waals surface area contributed by atoms with E-state index in [2.05, 4.69) is 24.5 Å². The van der Waals surface area contributed by atoms with E-state index in [0.717, 1.165) is 6.42 Å². The normalized spacial score (nSPS) is 32.8. The Balaban J connectivity index is 1.71. The maximum Gasteiger partial charge on any atom is 0.221 e. The highest BCUT2D eigenvalue weighted by atomic mass is 32.2. The van der Waals surface area contributed by atoms with Gasteiger partial charge < -0.3 is 10.6 Å². The topological polar surface area (TPSA) is 75.3 Å². The van der Waals surface area contributed by atoms with Gasteiger partial charge in [-0.2, -0.15) is 0 Å². The standard InChI is InChI=1S/C12H22N2O3S/c1-12(2)6-9(12)7-14-11(15)5-10-8-18(16,17)4-3-13-10/h9-10,13H,3-8H2,1-2H3,(H,14,15).